The number of carbonyl (C=O) groups excluding carboxylic acids is 1. The highest BCUT2D eigenvalue weighted by atomic mass is 32.2. The lowest BCUT2D eigenvalue weighted by Crippen LogP contribution is -2.41. The Kier molecular flexibility index (Phi) is 6.62. The molecule has 0 bridgehead atoms. The lowest BCUT2D eigenvalue weighted by Gasteiger charge is -2.37. The van der Waals surface area contributed by atoms with Crippen LogP contribution in [0.1, 0.15) is 54.0 Å². The summed E-state index contributed by atoms with van der Waals surface area (Å²) in [5.41, 5.74) is -0.309. The number of amides is 1. The van der Waals surface area contributed by atoms with Crippen LogP contribution >= 0.6 is 0 Å². The van der Waals surface area contributed by atoms with Gasteiger partial charge < -0.3 is 19.6 Å². The molecule has 1 atom stereocenters. The zero-order valence-corrected chi connectivity index (χ0v) is 23.2. The number of aromatic hydroxyl groups is 1. The Morgan fingerprint density at radius 1 is 1.32 bits per heavy atom. The highest BCUT2D eigenvalue weighted by molar-refractivity contribution is 7.95. The number of aryl methyl sites for hydroxylation is 2. The van der Waals surface area contributed by atoms with E-state index in [0.717, 1.165) is 11.0 Å². The second-order valence-corrected chi connectivity index (χ2v) is 12.6. The SMILES string of the molecule is C#CCOc1ccc(C2C3=C(CC(C)(C)CS3(=O)=O)Nc3c(O)cccc3N2C(=O)c2nc(C)oc2C)c(F)c1. The molecule has 0 saturated heterocycles. The van der Waals surface area contributed by atoms with E-state index >= 15 is 4.39 Å². The number of ether oxygens (including phenoxy) is 1. The number of para-hydroxylation sites is 1. The second-order valence-electron chi connectivity index (χ2n) is 10.6. The van der Waals surface area contributed by atoms with Gasteiger partial charge in [-0.1, -0.05) is 25.8 Å². The predicted molar refractivity (Wildman–Crippen MR) is 147 cm³/mol. The average molecular weight is 566 g/mol. The summed E-state index contributed by atoms with van der Waals surface area (Å²) in [6, 6.07) is 6.98. The number of rotatable bonds is 4. The number of fused-ring (bicyclic) bond motifs is 1. The van der Waals surface area contributed by atoms with Crippen molar-refractivity contribution in [3.63, 3.8) is 0 Å². The number of aromatic nitrogens is 1. The molecular weight excluding hydrogens is 537 g/mol. The summed E-state index contributed by atoms with van der Waals surface area (Å²) in [6.07, 6.45) is 5.52. The quantitative estimate of drug-likeness (QED) is 0.334. The molecule has 2 N–H and O–H groups in total. The van der Waals surface area contributed by atoms with E-state index in [1.54, 1.807) is 19.9 Å². The molecule has 2 aliphatic heterocycles. The summed E-state index contributed by atoms with van der Waals surface area (Å²) in [4.78, 5) is 19.5. The van der Waals surface area contributed by atoms with E-state index in [0.29, 0.717) is 0 Å². The standard InChI is InChI=1S/C29H28FN3O6S/c1-6-12-38-18-10-11-19(20(30)13-18)26-27-21(14-29(4,5)15-40(27,36)37)32-25-22(8-7-9-23(25)34)33(26)28(35)24-16(2)39-17(3)31-24/h1,7-11,13,26,32,34H,12,14-15H2,2-5H3. The topological polar surface area (TPSA) is 122 Å². The molecule has 0 aliphatic carbocycles. The second kappa shape index (κ2) is 9.71. The number of sulfone groups is 1. The minimum atomic E-state index is -4.06. The molecule has 2 aliphatic rings. The number of halogens is 1. The third kappa shape index (κ3) is 4.69. The average Bonchev–Trinajstić information content (AvgIpc) is 3.11. The Hall–Kier alpha value is -4.30. The van der Waals surface area contributed by atoms with Crippen LogP contribution in [0.15, 0.2) is 51.4 Å². The van der Waals surface area contributed by atoms with E-state index in [9.17, 15) is 18.3 Å². The van der Waals surface area contributed by atoms with Gasteiger partial charge in [0.05, 0.1) is 16.3 Å². The van der Waals surface area contributed by atoms with Gasteiger partial charge in [-0.05, 0) is 43.0 Å². The zero-order chi connectivity index (χ0) is 29.0. The van der Waals surface area contributed by atoms with Crippen molar-refractivity contribution in [3.8, 4) is 23.8 Å². The predicted octanol–water partition coefficient (Wildman–Crippen LogP) is 5.02. The molecule has 1 amide bonds. The summed E-state index contributed by atoms with van der Waals surface area (Å²) in [5, 5.41) is 14.0. The molecular formula is C29H28FN3O6S. The molecule has 9 nitrogen and oxygen atoms in total. The minimum absolute atomic E-state index is 0.0660. The summed E-state index contributed by atoms with van der Waals surface area (Å²) < 4.78 is 54.8. The van der Waals surface area contributed by atoms with Crippen molar-refractivity contribution >= 4 is 27.1 Å². The number of nitrogens with one attached hydrogen (secondary N) is 1. The number of nitrogens with zero attached hydrogens (tertiary/aromatic N) is 2. The van der Waals surface area contributed by atoms with E-state index in [4.69, 9.17) is 15.6 Å². The Labute approximate surface area is 231 Å². The van der Waals surface area contributed by atoms with Gasteiger partial charge in [0.2, 0.25) is 0 Å². The smallest absolute Gasteiger partial charge is 0.281 e. The number of hydrogen-bond acceptors (Lipinski definition) is 8. The molecule has 2 aromatic carbocycles. The summed E-state index contributed by atoms with van der Waals surface area (Å²) >= 11 is 0. The Morgan fingerprint density at radius 3 is 2.73 bits per heavy atom. The van der Waals surface area contributed by atoms with Crippen LogP contribution in [-0.2, 0) is 9.84 Å². The van der Waals surface area contributed by atoms with E-state index in [-0.39, 0.29) is 75.2 Å². The monoisotopic (exact) mass is 565 g/mol. The molecule has 5 rings (SSSR count). The lowest BCUT2D eigenvalue weighted by molar-refractivity contribution is 0.0974. The highest BCUT2D eigenvalue weighted by Crippen LogP contribution is 2.52. The number of terminal acetylenes is 1. The summed E-state index contributed by atoms with van der Waals surface area (Å²) in [7, 11) is -4.06. The lowest BCUT2D eigenvalue weighted by atomic mass is 9.88. The number of hydrogen-bond donors (Lipinski definition) is 2. The fourth-order valence-electron chi connectivity index (χ4n) is 5.39. The molecule has 0 spiro atoms. The first-order chi connectivity index (χ1) is 18.8. The number of benzene rings is 2. The van der Waals surface area contributed by atoms with Crippen molar-refractivity contribution in [3.05, 3.63) is 75.7 Å². The third-order valence-corrected chi connectivity index (χ3v) is 9.15. The Balaban J connectivity index is 1.85. The molecule has 3 aromatic rings. The first kappa shape index (κ1) is 27.3. The minimum Gasteiger partial charge on any atom is -0.506 e. The molecule has 1 unspecified atom stereocenters. The van der Waals surface area contributed by atoms with Gasteiger partial charge in [0.1, 0.15) is 41.4 Å². The molecule has 11 heteroatoms. The van der Waals surface area contributed by atoms with Gasteiger partial charge in [-0.25, -0.2) is 17.8 Å². The first-order valence-electron chi connectivity index (χ1n) is 12.5. The maximum atomic E-state index is 15.9. The third-order valence-electron chi connectivity index (χ3n) is 6.84. The van der Waals surface area contributed by atoms with Crippen molar-refractivity contribution in [2.24, 2.45) is 5.41 Å². The van der Waals surface area contributed by atoms with Crippen LogP contribution in [0.3, 0.4) is 0 Å². The van der Waals surface area contributed by atoms with Crippen LogP contribution in [-0.4, -0.2) is 36.8 Å². The van der Waals surface area contributed by atoms with Gasteiger partial charge >= 0.3 is 0 Å². The molecule has 0 saturated carbocycles. The Bertz CT molecular complexity index is 1720. The van der Waals surface area contributed by atoms with Crippen LogP contribution in [0.25, 0.3) is 0 Å². The molecule has 0 fully saturated rings. The van der Waals surface area contributed by atoms with Gasteiger partial charge in [-0.3, -0.25) is 9.69 Å². The van der Waals surface area contributed by atoms with Gasteiger partial charge in [0, 0.05) is 24.3 Å². The van der Waals surface area contributed by atoms with Crippen molar-refractivity contribution in [1.29, 1.82) is 0 Å². The van der Waals surface area contributed by atoms with E-state index in [1.807, 2.05) is 13.8 Å². The van der Waals surface area contributed by atoms with Crippen molar-refractivity contribution in [2.45, 2.75) is 40.2 Å². The van der Waals surface area contributed by atoms with Crippen LogP contribution in [0.2, 0.25) is 0 Å². The number of phenols is 1. The van der Waals surface area contributed by atoms with E-state index < -0.39 is 33.0 Å². The van der Waals surface area contributed by atoms with Crippen molar-refractivity contribution in [1.82, 2.24) is 4.98 Å². The van der Waals surface area contributed by atoms with Crippen LogP contribution < -0.4 is 15.0 Å². The van der Waals surface area contributed by atoms with Gasteiger partial charge in [-0.15, -0.1) is 6.42 Å². The first-order valence-corrected chi connectivity index (χ1v) is 14.2. The van der Waals surface area contributed by atoms with Crippen LogP contribution in [0.5, 0.6) is 11.5 Å². The maximum Gasteiger partial charge on any atom is 0.281 e. The number of oxazole rings is 1. The fourth-order valence-corrected chi connectivity index (χ4v) is 7.75. The fraction of sp³-hybridized carbons (Fsp3) is 0.310. The number of anilines is 2. The zero-order valence-electron chi connectivity index (χ0n) is 22.4. The van der Waals surface area contributed by atoms with Gasteiger partial charge in [0.15, 0.2) is 21.4 Å². The number of carbonyl (C=O) groups is 1. The number of phenolic OH excluding ortho intramolecular Hbond substituents is 1. The Morgan fingerprint density at radius 2 is 2.08 bits per heavy atom. The molecule has 1 aromatic heterocycles. The largest absolute Gasteiger partial charge is 0.506 e. The van der Waals surface area contributed by atoms with Crippen LogP contribution in [0, 0.1) is 37.4 Å². The number of allylic oxidation sites excluding steroid dienone is 1. The normalized spacial score (nSPS) is 19.1. The molecule has 208 valence electrons. The van der Waals surface area contributed by atoms with Gasteiger partial charge in [-0.2, -0.15) is 0 Å². The molecule has 0 radical (unpaired) electrons. The highest BCUT2D eigenvalue weighted by Gasteiger charge is 2.48. The van der Waals surface area contributed by atoms with Crippen molar-refractivity contribution in [2.75, 3.05) is 22.6 Å². The summed E-state index contributed by atoms with van der Waals surface area (Å²) in [5.74, 6) is 0.921. The van der Waals surface area contributed by atoms with Gasteiger partial charge in [0.25, 0.3) is 5.91 Å². The van der Waals surface area contributed by atoms with E-state index in [2.05, 4.69) is 16.2 Å². The van der Waals surface area contributed by atoms with Crippen LogP contribution in [0.4, 0.5) is 15.8 Å². The van der Waals surface area contributed by atoms with Crippen molar-refractivity contribution < 1.29 is 31.9 Å². The molecule has 40 heavy (non-hydrogen) atoms. The van der Waals surface area contributed by atoms with E-state index in [1.165, 1.54) is 24.3 Å². The summed E-state index contributed by atoms with van der Waals surface area (Å²) in [6.45, 7) is 6.67. The maximum absolute atomic E-state index is 15.9. The molecule has 3 heterocycles.